The number of nitrogens with one attached hydrogen (secondary N) is 1. The molecule has 2 amide bonds. The number of amides is 2. The van der Waals surface area contributed by atoms with E-state index in [4.69, 9.17) is 9.84 Å². The predicted molar refractivity (Wildman–Crippen MR) is 123 cm³/mol. The molecule has 1 aliphatic heterocycles. The van der Waals surface area contributed by atoms with Crippen LogP contribution in [0.2, 0.25) is 0 Å². The number of hydrogen-bond acceptors (Lipinski definition) is 5. The molecule has 3 N–H and O–H groups in total. The van der Waals surface area contributed by atoms with Crippen molar-refractivity contribution in [2.24, 2.45) is 11.8 Å². The predicted octanol–water partition coefficient (Wildman–Crippen LogP) is 2.60. The molecule has 1 heterocycles. The molecule has 3 aliphatic rings. The Kier molecular flexibility index (Phi) is 5.77. The van der Waals surface area contributed by atoms with Gasteiger partial charge < -0.3 is 25.2 Å². The van der Waals surface area contributed by atoms with Crippen LogP contribution in [0.3, 0.4) is 0 Å². The monoisotopic (exact) mass is 464 g/mol. The molecular weight excluding hydrogens is 436 g/mol. The van der Waals surface area contributed by atoms with Crippen molar-refractivity contribution in [3.63, 3.8) is 0 Å². The molecule has 1 saturated heterocycles. The van der Waals surface area contributed by atoms with E-state index in [9.17, 15) is 19.5 Å². The molecule has 34 heavy (non-hydrogen) atoms. The molecule has 2 aromatic rings. The SMILES string of the molecule is O=C(NC[C@@H]1C[C@@H]1C(=O)N1CCC(O)(C(=O)O)CC1)OCC1c2ccccc2-c2ccccc21. The van der Waals surface area contributed by atoms with Crippen LogP contribution in [0.1, 0.15) is 36.3 Å². The standard InChI is InChI=1S/C26H28N2O6/c29-23(28-11-9-26(33,10-12-28)24(30)31)21-13-16(21)14-27-25(32)34-15-22-19-7-3-1-5-17(19)18-6-2-4-8-20(18)22/h1-8,16,21-22,33H,9-15H2,(H,27,32)(H,30,31)/t16-,21-/m0/s1. The van der Waals surface area contributed by atoms with E-state index < -0.39 is 17.7 Å². The second-order valence-corrected chi connectivity index (χ2v) is 9.47. The van der Waals surface area contributed by atoms with Gasteiger partial charge in [-0.25, -0.2) is 9.59 Å². The molecule has 178 valence electrons. The average molecular weight is 465 g/mol. The zero-order valence-corrected chi connectivity index (χ0v) is 18.8. The van der Waals surface area contributed by atoms with Crippen LogP contribution >= 0.6 is 0 Å². The Morgan fingerprint density at radius 2 is 1.59 bits per heavy atom. The second-order valence-electron chi connectivity index (χ2n) is 9.47. The maximum absolute atomic E-state index is 12.7. The Morgan fingerprint density at radius 3 is 2.18 bits per heavy atom. The maximum Gasteiger partial charge on any atom is 0.407 e. The van der Waals surface area contributed by atoms with Gasteiger partial charge in [0.05, 0.1) is 0 Å². The van der Waals surface area contributed by atoms with Gasteiger partial charge in [0.25, 0.3) is 0 Å². The van der Waals surface area contributed by atoms with Crippen molar-refractivity contribution in [3.05, 3.63) is 59.7 Å². The van der Waals surface area contributed by atoms with Gasteiger partial charge in [-0.1, -0.05) is 48.5 Å². The Balaban J connectivity index is 1.08. The number of likely N-dealkylation sites (tertiary alicyclic amines) is 1. The smallest absolute Gasteiger partial charge is 0.407 e. The summed E-state index contributed by atoms with van der Waals surface area (Å²) in [7, 11) is 0. The van der Waals surface area contributed by atoms with Crippen molar-refractivity contribution in [3.8, 4) is 11.1 Å². The number of piperidine rings is 1. The number of rotatable bonds is 6. The lowest BCUT2D eigenvalue weighted by Crippen LogP contribution is -2.51. The summed E-state index contributed by atoms with van der Waals surface area (Å²) in [4.78, 5) is 37.8. The molecule has 5 rings (SSSR count). The Bertz CT molecular complexity index is 1080. The summed E-state index contributed by atoms with van der Waals surface area (Å²) in [5, 5.41) is 21.9. The molecule has 2 atom stereocenters. The molecule has 2 fully saturated rings. The summed E-state index contributed by atoms with van der Waals surface area (Å²) in [6.07, 6.45) is 0.249. The first-order chi connectivity index (χ1) is 16.4. The van der Waals surface area contributed by atoms with E-state index in [1.165, 1.54) is 11.1 Å². The number of alkyl carbamates (subject to hydrolysis) is 1. The molecule has 0 aromatic heterocycles. The van der Waals surface area contributed by atoms with Crippen molar-refractivity contribution in [1.82, 2.24) is 10.2 Å². The highest BCUT2D eigenvalue weighted by Crippen LogP contribution is 2.44. The molecule has 1 saturated carbocycles. The van der Waals surface area contributed by atoms with Gasteiger partial charge in [0, 0.05) is 44.3 Å². The van der Waals surface area contributed by atoms with E-state index in [1.54, 1.807) is 4.90 Å². The number of aliphatic hydroxyl groups is 1. The highest BCUT2D eigenvalue weighted by atomic mass is 16.5. The van der Waals surface area contributed by atoms with Gasteiger partial charge in [-0.15, -0.1) is 0 Å². The fourth-order valence-electron chi connectivity index (χ4n) is 5.18. The summed E-state index contributed by atoms with van der Waals surface area (Å²) in [6.45, 7) is 1.06. The van der Waals surface area contributed by atoms with E-state index >= 15 is 0 Å². The van der Waals surface area contributed by atoms with Crippen LogP contribution in [0.4, 0.5) is 4.79 Å². The van der Waals surface area contributed by atoms with Crippen molar-refractivity contribution in [1.29, 1.82) is 0 Å². The molecule has 8 heteroatoms. The van der Waals surface area contributed by atoms with E-state index in [2.05, 4.69) is 29.6 Å². The zero-order chi connectivity index (χ0) is 23.9. The summed E-state index contributed by atoms with van der Waals surface area (Å²) in [6, 6.07) is 16.3. The molecule has 0 radical (unpaired) electrons. The summed E-state index contributed by atoms with van der Waals surface area (Å²) < 4.78 is 5.55. The first-order valence-electron chi connectivity index (χ1n) is 11.7. The van der Waals surface area contributed by atoms with Crippen LogP contribution in [-0.2, 0) is 14.3 Å². The second kappa shape index (κ2) is 8.76. The summed E-state index contributed by atoms with van der Waals surface area (Å²) in [5.41, 5.74) is 2.91. The minimum Gasteiger partial charge on any atom is -0.479 e. The van der Waals surface area contributed by atoms with Gasteiger partial charge in [-0.05, 0) is 34.6 Å². The number of carbonyl (C=O) groups excluding carboxylic acids is 2. The molecule has 2 aromatic carbocycles. The normalized spacial score (nSPS) is 22.4. The lowest BCUT2D eigenvalue weighted by atomic mass is 9.91. The molecular formula is C26H28N2O6. The van der Waals surface area contributed by atoms with Gasteiger partial charge in [0.15, 0.2) is 5.60 Å². The van der Waals surface area contributed by atoms with Crippen LogP contribution in [0.25, 0.3) is 11.1 Å². The third kappa shape index (κ3) is 4.14. The Morgan fingerprint density at radius 1 is 1.00 bits per heavy atom. The molecule has 0 spiro atoms. The topological polar surface area (TPSA) is 116 Å². The van der Waals surface area contributed by atoms with Crippen LogP contribution in [0.15, 0.2) is 48.5 Å². The van der Waals surface area contributed by atoms with E-state index in [0.29, 0.717) is 13.0 Å². The van der Waals surface area contributed by atoms with Gasteiger partial charge in [0.1, 0.15) is 6.61 Å². The molecule has 0 bridgehead atoms. The fraction of sp³-hybridized carbons (Fsp3) is 0.423. The Hall–Kier alpha value is -3.39. The van der Waals surface area contributed by atoms with E-state index in [0.717, 1.165) is 11.1 Å². The Labute approximate surface area is 197 Å². The number of aliphatic carboxylic acids is 1. The first-order valence-corrected chi connectivity index (χ1v) is 11.7. The quantitative estimate of drug-likeness (QED) is 0.605. The van der Waals surface area contributed by atoms with Gasteiger partial charge in [-0.2, -0.15) is 0 Å². The van der Waals surface area contributed by atoms with Crippen molar-refractivity contribution < 1.29 is 29.3 Å². The fourth-order valence-corrected chi connectivity index (χ4v) is 5.18. The number of carboxylic acids is 1. The molecule has 0 unspecified atom stereocenters. The lowest BCUT2D eigenvalue weighted by Gasteiger charge is -2.35. The van der Waals surface area contributed by atoms with Crippen molar-refractivity contribution >= 4 is 18.0 Å². The number of nitrogens with zero attached hydrogens (tertiary/aromatic N) is 1. The van der Waals surface area contributed by atoms with E-state index in [-0.39, 0.29) is 56.2 Å². The lowest BCUT2D eigenvalue weighted by molar-refractivity contribution is -0.165. The summed E-state index contributed by atoms with van der Waals surface area (Å²) in [5.74, 6) is -1.40. The van der Waals surface area contributed by atoms with Gasteiger partial charge in [0.2, 0.25) is 5.91 Å². The van der Waals surface area contributed by atoms with Crippen LogP contribution in [0, 0.1) is 11.8 Å². The number of carboxylic acid groups (broad SMARTS) is 1. The zero-order valence-electron chi connectivity index (χ0n) is 18.8. The van der Waals surface area contributed by atoms with Crippen molar-refractivity contribution in [2.45, 2.75) is 30.8 Å². The number of carbonyl (C=O) groups is 3. The highest BCUT2D eigenvalue weighted by Gasteiger charge is 2.47. The highest BCUT2D eigenvalue weighted by molar-refractivity contribution is 5.83. The van der Waals surface area contributed by atoms with Crippen LogP contribution in [-0.4, -0.2) is 64.9 Å². The van der Waals surface area contributed by atoms with E-state index in [1.807, 2.05) is 24.3 Å². The molecule has 2 aliphatic carbocycles. The average Bonchev–Trinajstić information content (AvgIpc) is 3.56. The van der Waals surface area contributed by atoms with Crippen molar-refractivity contribution in [2.75, 3.05) is 26.2 Å². The number of hydrogen-bond donors (Lipinski definition) is 3. The third-order valence-corrected chi connectivity index (χ3v) is 7.39. The molecule has 8 nitrogen and oxygen atoms in total. The van der Waals surface area contributed by atoms with Crippen LogP contribution < -0.4 is 5.32 Å². The third-order valence-electron chi connectivity index (χ3n) is 7.39. The van der Waals surface area contributed by atoms with Crippen LogP contribution in [0.5, 0.6) is 0 Å². The largest absolute Gasteiger partial charge is 0.479 e. The van der Waals surface area contributed by atoms with Gasteiger partial charge >= 0.3 is 12.1 Å². The van der Waals surface area contributed by atoms with Gasteiger partial charge in [-0.3, -0.25) is 4.79 Å². The number of fused-ring (bicyclic) bond motifs is 3. The number of benzene rings is 2. The number of ether oxygens (including phenoxy) is 1. The maximum atomic E-state index is 12.7. The minimum absolute atomic E-state index is 0.00282. The first kappa shape index (κ1) is 22.4. The summed E-state index contributed by atoms with van der Waals surface area (Å²) >= 11 is 0. The minimum atomic E-state index is -1.74.